The predicted molar refractivity (Wildman–Crippen MR) is 104 cm³/mol. The number of amides is 2. The lowest BCUT2D eigenvalue weighted by atomic mass is 9.94. The van der Waals surface area contributed by atoms with Crippen LogP contribution >= 0.6 is 0 Å². The van der Waals surface area contributed by atoms with Crippen LogP contribution in [0, 0.1) is 0 Å². The maximum absolute atomic E-state index is 12.7. The Morgan fingerprint density at radius 2 is 1.92 bits per heavy atom. The molecule has 5 heteroatoms. The van der Waals surface area contributed by atoms with Gasteiger partial charge in [0.1, 0.15) is 6.04 Å². The third-order valence-corrected chi connectivity index (χ3v) is 5.80. The number of nitrogens with one attached hydrogen (secondary N) is 1. The predicted octanol–water partition coefficient (Wildman–Crippen LogP) is 2.74. The fourth-order valence-electron chi connectivity index (χ4n) is 4.35. The molecule has 1 aromatic carbocycles. The Morgan fingerprint density at radius 3 is 2.65 bits per heavy atom. The minimum absolute atomic E-state index is 0.0447. The molecule has 0 unspecified atom stereocenters. The second kappa shape index (κ2) is 8.67. The number of para-hydroxylation sites is 1. The molecule has 3 rings (SSSR count). The van der Waals surface area contributed by atoms with Crippen LogP contribution in [-0.2, 0) is 16.0 Å². The highest BCUT2D eigenvalue weighted by atomic mass is 16.2. The summed E-state index contributed by atoms with van der Waals surface area (Å²) in [5.74, 6) is -0.121. The van der Waals surface area contributed by atoms with Gasteiger partial charge in [0.15, 0.2) is 0 Å². The standard InChI is InChI=1S/C21H31N3O2/c1-16(25)24-19-12-7-6-9-17(19)15-20(24)21(26)22-13-8-14-23(2)18-10-4-3-5-11-18/h6-7,9,12,18,20H,3-5,8,10-11,13-15H2,1-2H3,(H,22,26)/t20-/m1/s1. The lowest BCUT2D eigenvalue weighted by Gasteiger charge is -2.31. The summed E-state index contributed by atoms with van der Waals surface area (Å²) in [4.78, 5) is 28.8. The van der Waals surface area contributed by atoms with Gasteiger partial charge in [-0.1, -0.05) is 37.5 Å². The van der Waals surface area contributed by atoms with E-state index in [9.17, 15) is 9.59 Å². The smallest absolute Gasteiger partial charge is 0.243 e. The van der Waals surface area contributed by atoms with Gasteiger partial charge in [0.25, 0.3) is 0 Å². The van der Waals surface area contributed by atoms with Crippen molar-refractivity contribution in [3.63, 3.8) is 0 Å². The zero-order valence-corrected chi connectivity index (χ0v) is 16.0. The number of nitrogens with zero attached hydrogens (tertiary/aromatic N) is 2. The fourth-order valence-corrected chi connectivity index (χ4v) is 4.35. The molecule has 1 fully saturated rings. The lowest BCUT2D eigenvalue weighted by Crippen LogP contribution is -2.47. The van der Waals surface area contributed by atoms with Crippen LogP contribution in [0.2, 0.25) is 0 Å². The summed E-state index contributed by atoms with van der Waals surface area (Å²) < 4.78 is 0. The summed E-state index contributed by atoms with van der Waals surface area (Å²) in [6, 6.07) is 8.08. The van der Waals surface area contributed by atoms with Gasteiger partial charge in [-0.25, -0.2) is 0 Å². The third kappa shape index (κ3) is 4.26. The summed E-state index contributed by atoms with van der Waals surface area (Å²) in [6.45, 7) is 3.20. The van der Waals surface area contributed by atoms with E-state index in [2.05, 4.69) is 17.3 Å². The quantitative estimate of drug-likeness (QED) is 0.797. The van der Waals surface area contributed by atoms with Crippen molar-refractivity contribution in [3.05, 3.63) is 29.8 Å². The first kappa shape index (κ1) is 18.9. The Labute approximate surface area is 156 Å². The number of carbonyl (C=O) groups excluding carboxylic acids is 2. The summed E-state index contributed by atoms with van der Waals surface area (Å²) in [5.41, 5.74) is 1.94. The summed E-state index contributed by atoms with van der Waals surface area (Å²) in [7, 11) is 2.20. The molecule has 1 aliphatic carbocycles. The van der Waals surface area contributed by atoms with E-state index in [1.54, 1.807) is 4.90 Å². The van der Waals surface area contributed by atoms with Gasteiger partial charge in [0.05, 0.1) is 0 Å². The molecular formula is C21H31N3O2. The van der Waals surface area contributed by atoms with E-state index in [0.717, 1.165) is 24.2 Å². The van der Waals surface area contributed by atoms with Crippen molar-refractivity contribution in [2.24, 2.45) is 0 Å². The van der Waals surface area contributed by atoms with Gasteiger partial charge in [-0.15, -0.1) is 0 Å². The number of rotatable bonds is 6. The number of hydrogen-bond donors (Lipinski definition) is 1. The molecule has 26 heavy (non-hydrogen) atoms. The van der Waals surface area contributed by atoms with Crippen molar-refractivity contribution in [1.82, 2.24) is 10.2 Å². The molecule has 142 valence electrons. The first-order valence-electron chi connectivity index (χ1n) is 9.93. The highest BCUT2D eigenvalue weighted by molar-refractivity contribution is 6.02. The molecule has 2 aliphatic rings. The van der Waals surface area contributed by atoms with E-state index in [4.69, 9.17) is 0 Å². The summed E-state index contributed by atoms with van der Waals surface area (Å²) >= 11 is 0. The van der Waals surface area contributed by atoms with Crippen LogP contribution in [0.1, 0.15) is 51.0 Å². The van der Waals surface area contributed by atoms with E-state index in [0.29, 0.717) is 19.0 Å². The molecule has 2 amide bonds. The van der Waals surface area contributed by atoms with E-state index in [1.807, 2.05) is 24.3 Å². The number of benzene rings is 1. The molecule has 1 aromatic rings. The van der Waals surface area contributed by atoms with Gasteiger partial charge < -0.3 is 10.2 Å². The van der Waals surface area contributed by atoms with Crippen LogP contribution in [0.25, 0.3) is 0 Å². The van der Waals surface area contributed by atoms with Crippen molar-refractivity contribution >= 4 is 17.5 Å². The first-order valence-corrected chi connectivity index (χ1v) is 9.93. The molecular weight excluding hydrogens is 326 g/mol. The van der Waals surface area contributed by atoms with E-state index in [-0.39, 0.29) is 11.8 Å². The number of carbonyl (C=O) groups is 2. The minimum atomic E-state index is -0.416. The molecule has 0 radical (unpaired) electrons. The first-order chi connectivity index (χ1) is 12.6. The van der Waals surface area contributed by atoms with Crippen molar-refractivity contribution < 1.29 is 9.59 Å². The molecule has 0 aromatic heterocycles. The number of hydrogen-bond acceptors (Lipinski definition) is 3. The Balaban J connectivity index is 1.47. The second-order valence-electron chi connectivity index (χ2n) is 7.65. The van der Waals surface area contributed by atoms with Gasteiger partial charge >= 0.3 is 0 Å². The Hall–Kier alpha value is -1.88. The molecule has 1 atom stereocenters. The van der Waals surface area contributed by atoms with Gasteiger partial charge in [-0.05, 0) is 44.5 Å². The highest BCUT2D eigenvalue weighted by Gasteiger charge is 2.36. The molecule has 5 nitrogen and oxygen atoms in total. The van der Waals surface area contributed by atoms with Crippen molar-refractivity contribution in [3.8, 4) is 0 Å². The number of fused-ring (bicyclic) bond motifs is 1. The van der Waals surface area contributed by atoms with E-state index in [1.165, 1.54) is 39.0 Å². The average molecular weight is 357 g/mol. The fraction of sp³-hybridized carbons (Fsp3) is 0.619. The van der Waals surface area contributed by atoms with E-state index < -0.39 is 6.04 Å². The maximum Gasteiger partial charge on any atom is 0.243 e. The molecule has 1 aliphatic heterocycles. The van der Waals surface area contributed by atoms with Gasteiger partial charge in [-0.3, -0.25) is 14.5 Å². The van der Waals surface area contributed by atoms with Gasteiger partial charge in [0, 0.05) is 31.6 Å². The zero-order valence-electron chi connectivity index (χ0n) is 16.0. The summed E-state index contributed by atoms with van der Waals surface area (Å²) in [5, 5.41) is 3.04. The lowest BCUT2D eigenvalue weighted by molar-refractivity contribution is -0.125. The van der Waals surface area contributed by atoms with Gasteiger partial charge in [0.2, 0.25) is 11.8 Å². The van der Waals surface area contributed by atoms with Crippen LogP contribution in [0.15, 0.2) is 24.3 Å². The Bertz CT molecular complexity index is 640. The summed E-state index contributed by atoms with van der Waals surface area (Å²) in [6.07, 6.45) is 8.20. The molecule has 0 bridgehead atoms. The monoisotopic (exact) mass is 357 g/mol. The average Bonchev–Trinajstić information content (AvgIpc) is 3.05. The maximum atomic E-state index is 12.7. The van der Waals surface area contributed by atoms with Crippen molar-refractivity contribution in [2.45, 2.75) is 64.0 Å². The highest BCUT2D eigenvalue weighted by Crippen LogP contribution is 2.32. The third-order valence-electron chi connectivity index (χ3n) is 5.80. The van der Waals surface area contributed by atoms with Gasteiger partial charge in [-0.2, -0.15) is 0 Å². The SMILES string of the molecule is CC(=O)N1c2ccccc2C[C@@H]1C(=O)NCCCN(C)C1CCCCC1. The Morgan fingerprint density at radius 1 is 1.19 bits per heavy atom. The topological polar surface area (TPSA) is 52.7 Å². The molecule has 0 spiro atoms. The van der Waals surface area contributed by atoms with Crippen LogP contribution in [-0.4, -0.2) is 48.9 Å². The van der Waals surface area contributed by atoms with Crippen LogP contribution in [0.5, 0.6) is 0 Å². The van der Waals surface area contributed by atoms with Crippen LogP contribution in [0.3, 0.4) is 0 Å². The van der Waals surface area contributed by atoms with Crippen molar-refractivity contribution in [2.75, 3.05) is 25.0 Å². The second-order valence-corrected chi connectivity index (χ2v) is 7.65. The molecule has 1 saturated carbocycles. The molecule has 0 saturated heterocycles. The molecule has 1 N–H and O–H groups in total. The van der Waals surface area contributed by atoms with Crippen LogP contribution < -0.4 is 10.2 Å². The normalized spacial score (nSPS) is 20.3. The Kier molecular flexibility index (Phi) is 6.30. The molecule has 1 heterocycles. The number of anilines is 1. The zero-order chi connectivity index (χ0) is 18.5. The minimum Gasteiger partial charge on any atom is -0.354 e. The van der Waals surface area contributed by atoms with Crippen molar-refractivity contribution in [1.29, 1.82) is 0 Å². The van der Waals surface area contributed by atoms with Crippen LogP contribution in [0.4, 0.5) is 5.69 Å². The largest absolute Gasteiger partial charge is 0.354 e. The van der Waals surface area contributed by atoms with E-state index >= 15 is 0 Å².